The Bertz CT molecular complexity index is 792. The summed E-state index contributed by atoms with van der Waals surface area (Å²) in [4.78, 5) is 11.0. The van der Waals surface area contributed by atoms with Gasteiger partial charge in [0, 0.05) is 5.56 Å². The summed E-state index contributed by atoms with van der Waals surface area (Å²) in [6, 6.07) is 1.75. The fraction of sp³-hybridized carbons (Fsp3) is 0.0625. The van der Waals surface area contributed by atoms with Crippen molar-refractivity contribution in [3.63, 3.8) is 0 Å². The lowest BCUT2D eigenvalue weighted by molar-refractivity contribution is 0.0686. The largest absolute Gasteiger partial charge is 0.477 e. The maximum atomic E-state index is 14.4. The molecule has 0 aromatic heterocycles. The van der Waals surface area contributed by atoms with Gasteiger partial charge in [-0.1, -0.05) is 6.08 Å². The molecule has 0 aliphatic heterocycles. The summed E-state index contributed by atoms with van der Waals surface area (Å²) >= 11 is 0. The maximum absolute atomic E-state index is 14.4. The summed E-state index contributed by atoms with van der Waals surface area (Å²) in [5, 5.41) is 8.88. The fourth-order valence-electron chi connectivity index (χ4n) is 2.19. The predicted molar refractivity (Wildman–Crippen MR) is 72.5 cm³/mol. The van der Waals surface area contributed by atoms with Crippen molar-refractivity contribution >= 4 is 5.97 Å². The molecule has 0 aliphatic carbocycles. The van der Waals surface area contributed by atoms with E-state index in [0.717, 1.165) is 6.07 Å². The second kappa shape index (κ2) is 6.20. The van der Waals surface area contributed by atoms with E-state index in [9.17, 15) is 26.7 Å². The van der Waals surface area contributed by atoms with Gasteiger partial charge in [-0.15, -0.1) is 6.58 Å². The van der Waals surface area contributed by atoms with E-state index in [1.807, 2.05) is 0 Å². The standard InChI is InChI=1S/C16H9F5O2/c1-2-3-7-4-9(17)13(16(22)23)15(21)12(7)8-5-10(18)14(20)11(19)6-8/h2,4-6H,1,3H2,(H,22,23). The molecule has 0 aliphatic rings. The maximum Gasteiger partial charge on any atom is 0.341 e. The molecule has 2 nitrogen and oxygen atoms in total. The van der Waals surface area contributed by atoms with Gasteiger partial charge in [0.05, 0.1) is 0 Å². The van der Waals surface area contributed by atoms with Gasteiger partial charge in [0.25, 0.3) is 0 Å². The lowest BCUT2D eigenvalue weighted by atomic mass is 9.93. The van der Waals surface area contributed by atoms with Gasteiger partial charge < -0.3 is 5.11 Å². The first-order valence-electron chi connectivity index (χ1n) is 6.27. The minimum Gasteiger partial charge on any atom is -0.477 e. The van der Waals surface area contributed by atoms with E-state index in [-0.39, 0.29) is 12.0 Å². The first kappa shape index (κ1) is 16.7. The number of carbonyl (C=O) groups is 1. The topological polar surface area (TPSA) is 37.3 Å². The van der Waals surface area contributed by atoms with E-state index in [4.69, 9.17) is 5.11 Å². The Labute approximate surface area is 127 Å². The molecule has 23 heavy (non-hydrogen) atoms. The van der Waals surface area contributed by atoms with E-state index < -0.39 is 51.7 Å². The van der Waals surface area contributed by atoms with Crippen LogP contribution in [0.2, 0.25) is 0 Å². The van der Waals surface area contributed by atoms with Crippen LogP contribution in [0, 0.1) is 29.1 Å². The van der Waals surface area contributed by atoms with Crippen LogP contribution in [0.3, 0.4) is 0 Å². The number of carboxylic acid groups (broad SMARTS) is 1. The molecule has 2 aromatic carbocycles. The Balaban J connectivity index is 2.86. The molecule has 1 N–H and O–H groups in total. The Morgan fingerprint density at radius 1 is 1.00 bits per heavy atom. The molecule has 0 amide bonds. The number of halogens is 5. The quantitative estimate of drug-likeness (QED) is 0.511. The molecule has 0 saturated heterocycles. The summed E-state index contributed by atoms with van der Waals surface area (Å²) in [6.45, 7) is 3.39. The van der Waals surface area contributed by atoms with Crippen molar-refractivity contribution in [3.8, 4) is 11.1 Å². The normalized spacial score (nSPS) is 10.7. The monoisotopic (exact) mass is 328 g/mol. The van der Waals surface area contributed by atoms with Gasteiger partial charge >= 0.3 is 5.97 Å². The van der Waals surface area contributed by atoms with Crippen molar-refractivity contribution in [1.29, 1.82) is 0 Å². The molecule has 0 saturated carbocycles. The molecule has 0 fully saturated rings. The van der Waals surface area contributed by atoms with Crippen molar-refractivity contribution < 1.29 is 31.9 Å². The number of benzene rings is 2. The Morgan fingerprint density at radius 3 is 2.04 bits per heavy atom. The second-order valence-corrected chi connectivity index (χ2v) is 4.63. The van der Waals surface area contributed by atoms with Crippen LogP contribution in [0.25, 0.3) is 11.1 Å². The fourth-order valence-corrected chi connectivity index (χ4v) is 2.19. The number of allylic oxidation sites excluding steroid dienone is 1. The van der Waals surface area contributed by atoms with Crippen molar-refractivity contribution in [3.05, 3.63) is 71.1 Å². The van der Waals surface area contributed by atoms with E-state index in [0.29, 0.717) is 12.1 Å². The van der Waals surface area contributed by atoms with Gasteiger partial charge in [-0.3, -0.25) is 0 Å². The van der Waals surface area contributed by atoms with E-state index >= 15 is 0 Å². The van der Waals surface area contributed by atoms with Gasteiger partial charge in [0.1, 0.15) is 17.2 Å². The van der Waals surface area contributed by atoms with E-state index in [1.165, 1.54) is 6.08 Å². The highest BCUT2D eigenvalue weighted by Gasteiger charge is 2.25. The zero-order chi connectivity index (χ0) is 17.3. The molecule has 0 spiro atoms. The van der Waals surface area contributed by atoms with Crippen molar-refractivity contribution in [2.75, 3.05) is 0 Å². The summed E-state index contributed by atoms with van der Waals surface area (Å²) in [6.07, 6.45) is 1.18. The summed E-state index contributed by atoms with van der Waals surface area (Å²) in [7, 11) is 0. The van der Waals surface area contributed by atoms with Crippen LogP contribution >= 0.6 is 0 Å². The minimum atomic E-state index is -1.88. The Kier molecular flexibility index (Phi) is 4.49. The zero-order valence-electron chi connectivity index (χ0n) is 11.5. The highest BCUT2D eigenvalue weighted by Crippen LogP contribution is 2.33. The van der Waals surface area contributed by atoms with E-state index in [1.54, 1.807) is 0 Å². The third kappa shape index (κ3) is 2.94. The molecule has 2 aromatic rings. The van der Waals surface area contributed by atoms with Crippen LogP contribution in [0.4, 0.5) is 22.0 Å². The van der Waals surface area contributed by atoms with Crippen LogP contribution in [0.1, 0.15) is 15.9 Å². The average Bonchev–Trinajstić information content (AvgIpc) is 2.44. The molecule has 0 radical (unpaired) electrons. The van der Waals surface area contributed by atoms with Crippen molar-refractivity contribution in [2.45, 2.75) is 6.42 Å². The third-order valence-electron chi connectivity index (χ3n) is 3.15. The van der Waals surface area contributed by atoms with Crippen molar-refractivity contribution in [1.82, 2.24) is 0 Å². The molecule has 0 unspecified atom stereocenters. The van der Waals surface area contributed by atoms with Crippen LogP contribution in [-0.4, -0.2) is 11.1 Å². The minimum absolute atomic E-state index is 0.0783. The molecule has 0 heterocycles. The van der Waals surface area contributed by atoms with Gasteiger partial charge in [0.2, 0.25) is 0 Å². The first-order chi connectivity index (χ1) is 10.8. The molecule has 7 heteroatoms. The molecular weight excluding hydrogens is 319 g/mol. The summed E-state index contributed by atoms with van der Waals surface area (Å²) in [5.41, 5.74) is -2.32. The lowest BCUT2D eigenvalue weighted by Crippen LogP contribution is -2.09. The SMILES string of the molecule is C=CCc1cc(F)c(C(=O)O)c(F)c1-c1cc(F)c(F)c(F)c1. The number of rotatable bonds is 4. The second-order valence-electron chi connectivity index (χ2n) is 4.63. The lowest BCUT2D eigenvalue weighted by Gasteiger charge is -2.13. The zero-order valence-corrected chi connectivity index (χ0v) is 11.5. The number of aromatic carboxylic acids is 1. The molecule has 0 atom stereocenters. The number of hydrogen-bond donors (Lipinski definition) is 1. The molecular formula is C16H9F5O2. The Hall–Kier alpha value is -2.70. The smallest absolute Gasteiger partial charge is 0.341 e. The van der Waals surface area contributed by atoms with Gasteiger partial charge in [-0.25, -0.2) is 26.7 Å². The summed E-state index contributed by atoms with van der Waals surface area (Å²) in [5.74, 6) is -9.62. The summed E-state index contributed by atoms with van der Waals surface area (Å²) < 4.78 is 67.9. The van der Waals surface area contributed by atoms with Crippen molar-refractivity contribution in [2.24, 2.45) is 0 Å². The number of carboxylic acids is 1. The third-order valence-corrected chi connectivity index (χ3v) is 3.15. The van der Waals surface area contributed by atoms with Gasteiger partial charge in [-0.2, -0.15) is 0 Å². The van der Waals surface area contributed by atoms with Gasteiger partial charge in [0.15, 0.2) is 17.5 Å². The average molecular weight is 328 g/mol. The molecule has 2 rings (SSSR count). The highest BCUT2D eigenvalue weighted by molar-refractivity contribution is 5.91. The van der Waals surface area contributed by atoms with Crippen LogP contribution in [0.15, 0.2) is 30.9 Å². The molecule has 0 bridgehead atoms. The predicted octanol–water partition coefficient (Wildman–Crippen LogP) is 4.48. The van der Waals surface area contributed by atoms with E-state index in [2.05, 4.69) is 6.58 Å². The van der Waals surface area contributed by atoms with Crippen LogP contribution in [-0.2, 0) is 6.42 Å². The highest BCUT2D eigenvalue weighted by atomic mass is 19.2. The van der Waals surface area contributed by atoms with Gasteiger partial charge in [-0.05, 0) is 35.7 Å². The molecule has 120 valence electrons. The van der Waals surface area contributed by atoms with Crippen LogP contribution in [0.5, 0.6) is 0 Å². The first-order valence-corrected chi connectivity index (χ1v) is 6.27. The number of hydrogen-bond acceptors (Lipinski definition) is 1. The van der Waals surface area contributed by atoms with Crippen LogP contribution < -0.4 is 0 Å². The Morgan fingerprint density at radius 2 is 1.57 bits per heavy atom.